The molecule has 0 aliphatic carbocycles. The SMILES string of the molecule is C1CC[NH2+]CC1.CC(C)(C)c1ccc(C(=O)[O-])cc1. The summed E-state index contributed by atoms with van der Waals surface area (Å²) in [6, 6.07) is 6.81. The molecule has 1 aliphatic heterocycles. The molecule has 0 amide bonds. The first-order valence-electron chi connectivity index (χ1n) is 7.05. The molecule has 0 bridgehead atoms. The van der Waals surface area contributed by atoms with Gasteiger partial charge in [-0.3, -0.25) is 0 Å². The quantitative estimate of drug-likeness (QED) is 0.824. The highest BCUT2D eigenvalue weighted by atomic mass is 16.4. The summed E-state index contributed by atoms with van der Waals surface area (Å²) < 4.78 is 0. The number of carbonyl (C=O) groups excluding carboxylic acids is 1. The number of aromatic carboxylic acids is 1. The van der Waals surface area contributed by atoms with Crippen molar-refractivity contribution >= 4 is 5.97 Å². The van der Waals surface area contributed by atoms with E-state index in [-0.39, 0.29) is 11.0 Å². The molecular weight excluding hydrogens is 238 g/mol. The topological polar surface area (TPSA) is 56.7 Å². The van der Waals surface area contributed by atoms with Crippen LogP contribution in [0.5, 0.6) is 0 Å². The number of carboxylic acids is 1. The third-order valence-corrected chi connectivity index (χ3v) is 3.30. The molecule has 0 aromatic heterocycles. The molecule has 0 spiro atoms. The molecule has 19 heavy (non-hydrogen) atoms. The van der Waals surface area contributed by atoms with E-state index in [1.165, 1.54) is 32.4 Å². The first-order chi connectivity index (χ1) is 8.91. The Morgan fingerprint density at radius 3 is 1.84 bits per heavy atom. The molecule has 1 aromatic carbocycles. The van der Waals surface area contributed by atoms with Crippen LogP contribution in [0, 0.1) is 0 Å². The van der Waals surface area contributed by atoms with Crippen molar-refractivity contribution in [1.29, 1.82) is 0 Å². The summed E-state index contributed by atoms with van der Waals surface area (Å²) in [5, 5.41) is 12.8. The summed E-state index contributed by atoms with van der Waals surface area (Å²) in [7, 11) is 0. The highest BCUT2D eigenvalue weighted by Crippen LogP contribution is 2.21. The molecule has 0 atom stereocenters. The van der Waals surface area contributed by atoms with Crippen molar-refractivity contribution in [3.05, 3.63) is 35.4 Å². The second-order valence-corrected chi connectivity index (χ2v) is 6.04. The Labute approximate surface area is 116 Å². The van der Waals surface area contributed by atoms with Crippen LogP contribution in [0.3, 0.4) is 0 Å². The first-order valence-corrected chi connectivity index (χ1v) is 7.05. The van der Waals surface area contributed by atoms with Crippen LogP contribution in [0.4, 0.5) is 0 Å². The second-order valence-electron chi connectivity index (χ2n) is 6.04. The number of nitrogens with two attached hydrogens (primary N) is 1. The van der Waals surface area contributed by atoms with Crippen molar-refractivity contribution in [2.24, 2.45) is 0 Å². The molecule has 1 aromatic rings. The maximum absolute atomic E-state index is 10.5. The van der Waals surface area contributed by atoms with Gasteiger partial charge >= 0.3 is 0 Å². The van der Waals surface area contributed by atoms with E-state index in [1.54, 1.807) is 12.1 Å². The van der Waals surface area contributed by atoms with E-state index < -0.39 is 5.97 Å². The Balaban J connectivity index is 0.000000250. The number of piperidine rings is 1. The van der Waals surface area contributed by atoms with Gasteiger partial charge in [0.1, 0.15) is 0 Å². The number of quaternary nitrogens is 1. The van der Waals surface area contributed by atoms with Crippen LogP contribution in [0.2, 0.25) is 0 Å². The Bertz CT molecular complexity index is 375. The summed E-state index contributed by atoms with van der Waals surface area (Å²) in [5.41, 5.74) is 1.41. The number of hydrogen-bond donors (Lipinski definition) is 1. The van der Waals surface area contributed by atoms with Crippen LogP contribution < -0.4 is 10.4 Å². The molecule has 2 N–H and O–H groups in total. The normalized spacial score (nSPS) is 15.3. The van der Waals surface area contributed by atoms with E-state index in [4.69, 9.17) is 0 Å². The average molecular weight is 263 g/mol. The van der Waals surface area contributed by atoms with E-state index in [1.807, 2.05) is 12.1 Å². The third-order valence-electron chi connectivity index (χ3n) is 3.30. The molecule has 3 nitrogen and oxygen atoms in total. The van der Waals surface area contributed by atoms with E-state index in [0.717, 1.165) is 5.56 Å². The number of rotatable bonds is 1. The Morgan fingerprint density at radius 1 is 1.05 bits per heavy atom. The lowest BCUT2D eigenvalue weighted by Crippen LogP contribution is -2.85. The Kier molecular flexibility index (Phi) is 6.03. The lowest BCUT2D eigenvalue weighted by molar-refractivity contribution is -0.662. The van der Waals surface area contributed by atoms with Crippen molar-refractivity contribution in [2.45, 2.75) is 45.4 Å². The highest BCUT2D eigenvalue weighted by Gasteiger charge is 2.12. The molecule has 1 heterocycles. The molecular formula is C16H25NO2. The van der Waals surface area contributed by atoms with Crippen LogP contribution in [0.15, 0.2) is 24.3 Å². The fourth-order valence-electron chi connectivity index (χ4n) is 2.00. The van der Waals surface area contributed by atoms with Gasteiger partial charge in [0.2, 0.25) is 0 Å². The number of carboxylic acid groups (broad SMARTS) is 1. The molecule has 1 fully saturated rings. The summed E-state index contributed by atoms with van der Waals surface area (Å²) in [6.07, 6.45) is 4.36. The average Bonchev–Trinajstić information content (AvgIpc) is 2.40. The lowest BCUT2D eigenvalue weighted by Gasteiger charge is -2.19. The van der Waals surface area contributed by atoms with E-state index in [0.29, 0.717) is 0 Å². The van der Waals surface area contributed by atoms with E-state index in [2.05, 4.69) is 26.1 Å². The van der Waals surface area contributed by atoms with Crippen LogP contribution in [-0.4, -0.2) is 19.1 Å². The van der Waals surface area contributed by atoms with Gasteiger partial charge in [0.15, 0.2) is 0 Å². The van der Waals surface area contributed by atoms with Gasteiger partial charge in [-0.25, -0.2) is 0 Å². The Hall–Kier alpha value is -1.35. The van der Waals surface area contributed by atoms with Crippen LogP contribution in [-0.2, 0) is 5.41 Å². The highest BCUT2D eigenvalue weighted by molar-refractivity contribution is 5.85. The van der Waals surface area contributed by atoms with Gasteiger partial charge in [0.25, 0.3) is 0 Å². The van der Waals surface area contributed by atoms with E-state index >= 15 is 0 Å². The van der Waals surface area contributed by atoms with Crippen molar-refractivity contribution in [2.75, 3.05) is 13.1 Å². The van der Waals surface area contributed by atoms with Gasteiger partial charge in [-0.15, -0.1) is 0 Å². The minimum Gasteiger partial charge on any atom is -0.545 e. The Morgan fingerprint density at radius 2 is 1.58 bits per heavy atom. The molecule has 106 valence electrons. The third kappa shape index (κ3) is 5.88. The molecule has 3 heteroatoms. The first kappa shape index (κ1) is 15.7. The zero-order valence-electron chi connectivity index (χ0n) is 12.2. The zero-order chi connectivity index (χ0) is 14.3. The minimum atomic E-state index is -1.12. The van der Waals surface area contributed by atoms with Crippen LogP contribution in [0.25, 0.3) is 0 Å². The monoisotopic (exact) mass is 263 g/mol. The maximum Gasteiger partial charge on any atom is 0.0755 e. The van der Waals surface area contributed by atoms with Gasteiger partial charge in [-0.05, 0) is 35.8 Å². The van der Waals surface area contributed by atoms with Gasteiger partial charge < -0.3 is 15.2 Å². The summed E-state index contributed by atoms with van der Waals surface area (Å²) in [6.45, 7) is 9.00. The second kappa shape index (κ2) is 7.29. The molecule has 0 radical (unpaired) electrons. The summed E-state index contributed by atoms with van der Waals surface area (Å²) in [5.74, 6) is -1.12. The smallest absolute Gasteiger partial charge is 0.0755 e. The predicted octanol–water partition coefficient (Wildman–Crippen LogP) is 1.08. The molecule has 0 unspecified atom stereocenters. The standard InChI is InChI=1S/C11H14O2.C5H11N/c1-11(2,3)9-6-4-8(5-7-9)10(12)13;1-2-4-6-5-3-1/h4-7H,1-3H3,(H,12,13);6H,1-5H2. The number of hydrogen-bond acceptors (Lipinski definition) is 2. The van der Waals surface area contributed by atoms with Gasteiger partial charge in [0.05, 0.1) is 19.1 Å². The number of carbonyl (C=O) groups is 1. The van der Waals surface area contributed by atoms with Crippen molar-refractivity contribution in [3.8, 4) is 0 Å². The van der Waals surface area contributed by atoms with Crippen LogP contribution in [0.1, 0.15) is 56.0 Å². The van der Waals surface area contributed by atoms with Crippen molar-refractivity contribution in [3.63, 3.8) is 0 Å². The molecule has 0 saturated carbocycles. The predicted molar refractivity (Wildman–Crippen MR) is 75.0 cm³/mol. The zero-order valence-corrected chi connectivity index (χ0v) is 12.2. The number of benzene rings is 1. The van der Waals surface area contributed by atoms with Crippen LogP contribution >= 0.6 is 0 Å². The lowest BCUT2D eigenvalue weighted by atomic mass is 9.87. The van der Waals surface area contributed by atoms with Gasteiger partial charge in [-0.1, -0.05) is 45.0 Å². The van der Waals surface area contributed by atoms with Crippen molar-refractivity contribution in [1.82, 2.24) is 0 Å². The maximum atomic E-state index is 10.5. The van der Waals surface area contributed by atoms with Gasteiger partial charge in [-0.2, -0.15) is 0 Å². The molecule has 1 saturated heterocycles. The van der Waals surface area contributed by atoms with Gasteiger partial charge in [0, 0.05) is 0 Å². The minimum absolute atomic E-state index is 0.0600. The van der Waals surface area contributed by atoms with E-state index in [9.17, 15) is 9.90 Å². The fourth-order valence-corrected chi connectivity index (χ4v) is 2.00. The summed E-state index contributed by atoms with van der Waals surface area (Å²) in [4.78, 5) is 10.5. The summed E-state index contributed by atoms with van der Waals surface area (Å²) >= 11 is 0. The molecule has 1 aliphatic rings. The molecule has 2 rings (SSSR count). The fraction of sp³-hybridized carbons (Fsp3) is 0.562. The van der Waals surface area contributed by atoms with Crippen molar-refractivity contribution < 1.29 is 15.2 Å². The largest absolute Gasteiger partial charge is 0.545 e.